The van der Waals surface area contributed by atoms with E-state index in [0.29, 0.717) is 6.54 Å². The largest absolute Gasteiger partial charge is 0.352 e. The van der Waals surface area contributed by atoms with Crippen molar-refractivity contribution in [1.29, 1.82) is 0 Å². The fourth-order valence-electron chi connectivity index (χ4n) is 2.96. The summed E-state index contributed by atoms with van der Waals surface area (Å²) in [5, 5.41) is 2.91. The molecule has 0 saturated carbocycles. The summed E-state index contributed by atoms with van der Waals surface area (Å²) in [4.78, 5) is 13.4. The van der Waals surface area contributed by atoms with Gasteiger partial charge in [-0.25, -0.2) is 4.39 Å². The maximum absolute atomic E-state index is 12.8. The highest BCUT2D eigenvalue weighted by molar-refractivity contribution is 5.91. The summed E-state index contributed by atoms with van der Waals surface area (Å²) in [6.45, 7) is 5.42. The Morgan fingerprint density at radius 3 is 2.86 bits per heavy atom. The fraction of sp³-hybridized carbons (Fsp3) is 0.500. The van der Waals surface area contributed by atoms with Crippen LogP contribution in [0.2, 0.25) is 0 Å². The molecule has 2 atom stereocenters. The zero-order valence-electron chi connectivity index (χ0n) is 13.3. The van der Waals surface area contributed by atoms with Crippen molar-refractivity contribution in [2.45, 2.75) is 38.6 Å². The first-order valence-corrected chi connectivity index (χ1v) is 8.21. The Morgan fingerprint density at radius 1 is 1.36 bits per heavy atom. The van der Waals surface area contributed by atoms with Crippen LogP contribution >= 0.6 is 0 Å². The van der Waals surface area contributed by atoms with Gasteiger partial charge in [-0.3, -0.25) is 4.79 Å². The van der Waals surface area contributed by atoms with Crippen LogP contribution in [0.25, 0.3) is 6.08 Å². The van der Waals surface area contributed by atoms with Crippen LogP contribution in [0.5, 0.6) is 0 Å². The molecule has 1 aromatic rings. The molecule has 1 saturated heterocycles. The third kappa shape index (κ3) is 5.60. The van der Waals surface area contributed by atoms with Gasteiger partial charge in [-0.1, -0.05) is 12.1 Å². The van der Waals surface area contributed by atoms with E-state index < -0.39 is 0 Å². The van der Waals surface area contributed by atoms with Crippen LogP contribution in [-0.2, 0) is 4.79 Å². The zero-order valence-corrected chi connectivity index (χ0v) is 13.3. The predicted octanol–water partition coefficient (Wildman–Crippen LogP) is 1.80. The minimum atomic E-state index is -0.268. The maximum Gasteiger partial charge on any atom is 0.244 e. The van der Waals surface area contributed by atoms with Gasteiger partial charge in [0.2, 0.25) is 5.91 Å². The molecule has 2 N–H and O–H groups in total. The number of quaternary nitrogens is 1. The lowest BCUT2D eigenvalue weighted by Gasteiger charge is -2.30. The Bertz CT molecular complexity index is 498. The van der Waals surface area contributed by atoms with E-state index in [-0.39, 0.29) is 11.7 Å². The fourth-order valence-corrected chi connectivity index (χ4v) is 2.96. The highest BCUT2D eigenvalue weighted by atomic mass is 19.1. The van der Waals surface area contributed by atoms with Crippen LogP contribution in [0.3, 0.4) is 0 Å². The van der Waals surface area contributed by atoms with E-state index in [1.807, 2.05) is 0 Å². The molecule has 120 valence electrons. The normalized spacial score (nSPS) is 21.9. The lowest BCUT2D eigenvalue weighted by molar-refractivity contribution is -0.928. The highest BCUT2D eigenvalue weighted by Gasteiger charge is 2.20. The van der Waals surface area contributed by atoms with Gasteiger partial charge in [-0.2, -0.15) is 0 Å². The van der Waals surface area contributed by atoms with Crippen molar-refractivity contribution in [3.63, 3.8) is 0 Å². The molecule has 3 nitrogen and oxygen atoms in total. The maximum atomic E-state index is 12.8. The Kier molecular flexibility index (Phi) is 6.59. The Balaban J connectivity index is 1.64. The minimum absolute atomic E-state index is 0.0917. The van der Waals surface area contributed by atoms with Crippen LogP contribution in [0, 0.1) is 5.82 Å². The smallest absolute Gasteiger partial charge is 0.244 e. The molecule has 1 aliphatic rings. The van der Waals surface area contributed by atoms with Gasteiger partial charge in [0.1, 0.15) is 5.82 Å². The number of halogens is 1. The number of hydrogen-bond donors (Lipinski definition) is 2. The molecule has 22 heavy (non-hydrogen) atoms. The van der Waals surface area contributed by atoms with Crippen LogP contribution in [-0.4, -0.2) is 31.6 Å². The first-order valence-electron chi connectivity index (χ1n) is 8.21. The van der Waals surface area contributed by atoms with E-state index in [2.05, 4.69) is 12.2 Å². The Hall–Kier alpha value is -1.68. The molecule has 1 aliphatic heterocycles. The topological polar surface area (TPSA) is 33.5 Å². The molecule has 1 unspecified atom stereocenters. The average molecular weight is 305 g/mol. The number of carbonyl (C=O) groups is 1. The third-order valence-electron chi connectivity index (χ3n) is 4.35. The lowest BCUT2D eigenvalue weighted by atomic mass is 10.0. The van der Waals surface area contributed by atoms with E-state index in [4.69, 9.17) is 0 Å². The Morgan fingerprint density at radius 2 is 2.14 bits per heavy atom. The number of benzene rings is 1. The molecular formula is C18H26FN2O+. The molecule has 1 aromatic carbocycles. The summed E-state index contributed by atoms with van der Waals surface area (Å²) in [7, 11) is 0. The summed E-state index contributed by atoms with van der Waals surface area (Å²) in [6.07, 6.45) is 8.22. The van der Waals surface area contributed by atoms with E-state index in [1.165, 1.54) is 44.0 Å². The van der Waals surface area contributed by atoms with Gasteiger partial charge in [-0.15, -0.1) is 0 Å². The van der Waals surface area contributed by atoms with Crippen molar-refractivity contribution >= 4 is 12.0 Å². The second kappa shape index (κ2) is 8.69. The number of rotatable bonds is 6. The Labute approximate surface area is 132 Å². The van der Waals surface area contributed by atoms with Crippen molar-refractivity contribution < 1.29 is 14.1 Å². The number of likely N-dealkylation sites (tertiary alicyclic amines) is 1. The van der Waals surface area contributed by atoms with Crippen LogP contribution < -0.4 is 10.2 Å². The van der Waals surface area contributed by atoms with Gasteiger partial charge in [0, 0.05) is 19.0 Å². The van der Waals surface area contributed by atoms with Crippen molar-refractivity contribution in [3.05, 3.63) is 41.7 Å². The second-order valence-electron chi connectivity index (χ2n) is 6.08. The minimum Gasteiger partial charge on any atom is -0.352 e. The van der Waals surface area contributed by atoms with Gasteiger partial charge in [0.25, 0.3) is 0 Å². The molecule has 0 radical (unpaired) electrons. The van der Waals surface area contributed by atoms with Crippen molar-refractivity contribution in [1.82, 2.24) is 5.32 Å². The van der Waals surface area contributed by atoms with Crippen molar-refractivity contribution in [2.24, 2.45) is 0 Å². The monoisotopic (exact) mass is 305 g/mol. The molecular weight excluding hydrogens is 279 g/mol. The summed E-state index contributed by atoms with van der Waals surface area (Å²) in [5.74, 6) is -0.359. The van der Waals surface area contributed by atoms with Crippen LogP contribution in [0.4, 0.5) is 4.39 Å². The first kappa shape index (κ1) is 16.7. The molecule has 2 rings (SSSR count). The number of piperidine rings is 1. The summed E-state index contributed by atoms with van der Waals surface area (Å²) >= 11 is 0. The molecule has 4 heteroatoms. The van der Waals surface area contributed by atoms with Gasteiger partial charge >= 0.3 is 0 Å². The summed E-state index contributed by atoms with van der Waals surface area (Å²) < 4.78 is 12.8. The molecule has 0 aromatic heterocycles. The summed E-state index contributed by atoms with van der Waals surface area (Å²) in [5.41, 5.74) is 0.822. The average Bonchev–Trinajstić information content (AvgIpc) is 2.52. The number of hydrogen-bond acceptors (Lipinski definition) is 1. The van der Waals surface area contributed by atoms with Crippen molar-refractivity contribution in [3.8, 4) is 0 Å². The molecule has 0 bridgehead atoms. The van der Waals surface area contributed by atoms with Gasteiger partial charge in [0.15, 0.2) is 0 Å². The molecule has 1 fully saturated rings. The number of carbonyl (C=O) groups excluding carboxylic acids is 1. The van der Waals surface area contributed by atoms with Gasteiger partial charge < -0.3 is 10.2 Å². The standard InChI is InChI=1S/C18H25FN2O/c1-15-5-2-3-13-21(15)14-4-12-20-18(22)11-8-16-6-9-17(19)10-7-16/h6-11,15H,2-5,12-14H2,1H3,(H,20,22)/p+1/b11-8+/t15-/m0/s1. The molecule has 0 spiro atoms. The summed E-state index contributed by atoms with van der Waals surface area (Å²) in [6, 6.07) is 6.84. The SMILES string of the molecule is C[C@H]1CCCC[NH+]1CCCNC(=O)/C=C/c1ccc(F)cc1. The number of nitrogens with one attached hydrogen (secondary N) is 2. The zero-order chi connectivity index (χ0) is 15.8. The quantitative estimate of drug-likeness (QED) is 0.610. The van der Waals surface area contributed by atoms with Gasteiger partial charge in [-0.05, 0) is 50.0 Å². The van der Waals surface area contributed by atoms with Crippen LogP contribution in [0.1, 0.15) is 38.2 Å². The highest BCUT2D eigenvalue weighted by Crippen LogP contribution is 2.04. The predicted molar refractivity (Wildman–Crippen MR) is 87.1 cm³/mol. The molecule has 1 heterocycles. The van der Waals surface area contributed by atoms with E-state index in [1.54, 1.807) is 23.1 Å². The van der Waals surface area contributed by atoms with Crippen molar-refractivity contribution in [2.75, 3.05) is 19.6 Å². The van der Waals surface area contributed by atoms with Gasteiger partial charge in [0.05, 0.1) is 19.1 Å². The number of amides is 1. The molecule has 1 amide bonds. The third-order valence-corrected chi connectivity index (χ3v) is 4.35. The van der Waals surface area contributed by atoms with Crippen LogP contribution in [0.15, 0.2) is 30.3 Å². The van der Waals surface area contributed by atoms with E-state index in [0.717, 1.165) is 24.6 Å². The van der Waals surface area contributed by atoms with E-state index >= 15 is 0 Å². The molecule has 0 aliphatic carbocycles. The van der Waals surface area contributed by atoms with E-state index in [9.17, 15) is 9.18 Å². The second-order valence-corrected chi connectivity index (χ2v) is 6.08. The first-order chi connectivity index (χ1) is 10.6. The lowest BCUT2D eigenvalue weighted by Crippen LogP contribution is -3.16.